The molecule has 2 unspecified atom stereocenters. The van der Waals surface area contributed by atoms with Gasteiger partial charge in [-0.3, -0.25) is 14.7 Å². The third-order valence-corrected chi connectivity index (χ3v) is 6.92. The summed E-state index contributed by atoms with van der Waals surface area (Å²) in [5.74, 6) is 0.538. The van der Waals surface area contributed by atoms with Crippen LogP contribution < -0.4 is 5.32 Å². The molecule has 0 spiro atoms. The number of ether oxygens (including phenoxy) is 1. The Morgan fingerprint density at radius 3 is 2.50 bits per heavy atom. The Bertz CT molecular complexity index is 1120. The van der Waals surface area contributed by atoms with Crippen molar-refractivity contribution in [3.8, 4) is 0 Å². The van der Waals surface area contributed by atoms with Gasteiger partial charge in [0.05, 0.1) is 17.3 Å². The number of rotatable bonds is 6. The van der Waals surface area contributed by atoms with E-state index in [-0.39, 0.29) is 17.9 Å². The van der Waals surface area contributed by atoms with Crippen LogP contribution in [0.3, 0.4) is 0 Å². The molecule has 192 valence electrons. The fourth-order valence-electron chi connectivity index (χ4n) is 5.30. The molecular formula is C29H38N4O3. The molecule has 1 aromatic carbocycles. The normalized spacial score (nSPS) is 19.4. The summed E-state index contributed by atoms with van der Waals surface area (Å²) < 4.78 is 5.54. The highest BCUT2D eigenvalue weighted by atomic mass is 16.6. The molecule has 3 heterocycles. The van der Waals surface area contributed by atoms with Crippen molar-refractivity contribution in [3.63, 3.8) is 0 Å². The van der Waals surface area contributed by atoms with Crippen LogP contribution in [0.1, 0.15) is 60.9 Å². The average Bonchev–Trinajstić information content (AvgIpc) is 3.35. The zero-order chi connectivity index (χ0) is 26.0. The predicted molar refractivity (Wildman–Crippen MR) is 140 cm³/mol. The highest BCUT2D eigenvalue weighted by molar-refractivity contribution is 5.97. The number of carbonyl (C=O) groups is 2. The number of nitrogens with one attached hydrogen (secondary N) is 1. The summed E-state index contributed by atoms with van der Waals surface area (Å²) in [5, 5.41) is 3.10. The van der Waals surface area contributed by atoms with Crippen LogP contribution in [-0.4, -0.2) is 58.6 Å². The number of hydrogen-bond donors (Lipinski definition) is 1. The Kier molecular flexibility index (Phi) is 7.50. The number of carbonyl (C=O) groups excluding carboxylic acids is 2. The summed E-state index contributed by atoms with van der Waals surface area (Å²) in [5.41, 5.74) is 4.25. The third kappa shape index (κ3) is 5.95. The van der Waals surface area contributed by atoms with Crippen molar-refractivity contribution in [2.75, 3.05) is 26.2 Å². The van der Waals surface area contributed by atoms with Crippen molar-refractivity contribution in [1.29, 1.82) is 0 Å². The molecule has 2 aromatic rings. The van der Waals surface area contributed by atoms with Crippen molar-refractivity contribution < 1.29 is 14.3 Å². The topological polar surface area (TPSA) is 74.8 Å². The van der Waals surface area contributed by atoms with Crippen LogP contribution in [0.25, 0.3) is 0 Å². The Labute approximate surface area is 214 Å². The Hall–Kier alpha value is -3.19. The van der Waals surface area contributed by atoms with Gasteiger partial charge in [-0.05, 0) is 63.3 Å². The van der Waals surface area contributed by atoms with E-state index >= 15 is 0 Å². The van der Waals surface area contributed by atoms with E-state index in [9.17, 15) is 9.59 Å². The maximum Gasteiger partial charge on any atom is 0.408 e. The highest BCUT2D eigenvalue weighted by Crippen LogP contribution is 2.33. The van der Waals surface area contributed by atoms with Gasteiger partial charge >= 0.3 is 6.09 Å². The van der Waals surface area contributed by atoms with E-state index in [4.69, 9.17) is 4.74 Å². The van der Waals surface area contributed by atoms with Crippen LogP contribution >= 0.6 is 0 Å². The average molecular weight is 491 g/mol. The second-order valence-electron chi connectivity index (χ2n) is 11.2. The quantitative estimate of drug-likeness (QED) is 0.625. The molecule has 1 saturated heterocycles. The summed E-state index contributed by atoms with van der Waals surface area (Å²) in [6.07, 6.45) is 3.38. The van der Waals surface area contributed by atoms with Gasteiger partial charge in [0.15, 0.2) is 0 Å². The maximum atomic E-state index is 13.2. The summed E-state index contributed by atoms with van der Waals surface area (Å²) in [4.78, 5) is 34.4. The predicted octanol–water partition coefficient (Wildman–Crippen LogP) is 4.87. The largest absolute Gasteiger partial charge is 0.444 e. The SMILES string of the molecule is Cc1ccnc(C)c1C(=O)N1C=C2CN(CC(C)[C@H](NC(=O)OC(C)(C)C)c3ccccc3)CC2C1. The van der Waals surface area contributed by atoms with E-state index in [1.165, 1.54) is 5.57 Å². The molecule has 1 N–H and O–H groups in total. The summed E-state index contributed by atoms with van der Waals surface area (Å²) in [6.45, 7) is 14.9. The molecule has 0 aliphatic carbocycles. The van der Waals surface area contributed by atoms with Gasteiger partial charge in [0, 0.05) is 44.5 Å². The van der Waals surface area contributed by atoms with Crippen LogP contribution in [0.15, 0.2) is 54.4 Å². The molecular weight excluding hydrogens is 452 g/mol. The number of likely N-dealkylation sites (tertiary alicyclic amines) is 1. The van der Waals surface area contributed by atoms with Crippen molar-refractivity contribution >= 4 is 12.0 Å². The van der Waals surface area contributed by atoms with E-state index in [0.29, 0.717) is 18.0 Å². The number of pyridine rings is 1. The van der Waals surface area contributed by atoms with Gasteiger partial charge in [0.1, 0.15) is 5.60 Å². The molecule has 0 radical (unpaired) electrons. The summed E-state index contributed by atoms with van der Waals surface area (Å²) >= 11 is 0. The van der Waals surface area contributed by atoms with E-state index < -0.39 is 11.7 Å². The molecule has 36 heavy (non-hydrogen) atoms. The van der Waals surface area contributed by atoms with Gasteiger partial charge in [0.2, 0.25) is 0 Å². The monoisotopic (exact) mass is 490 g/mol. The molecule has 0 saturated carbocycles. The van der Waals surface area contributed by atoms with Crippen molar-refractivity contribution in [2.24, 2.45) is 11.8 Å². The molecule has 1 aromatic heterocycles. The number of nitrogens with zero attached hydrogens (tertiary/aromatic N) is 3. The second-order valence-corrected chi connectivity index (χ2v) is 11.2. The van der Waals surface area contributed by atoms with Crippen molar-refractivity contribution in [2.45, 2.75) is 53.2 Å². The third-order valence-electron chi connectivity index (χ3n) is 6.92. The van der Waals surface area contributed by atoms with Crippen molar-refractivity contribution in [3.05, 3.63) is 76.8 Å². The number of benzene rings is 1. The van der Waals surface area contributed by atoms with Gasteiger partial charge < -0.3 is 15.0 Å². The molecule has 4 rings (SSSR count). The lowest BCUT2D eigenvalue weighted by Crippen LogP contribution is -2.40. The smallest absolute Gasteiger partial charge is 0.408 e. The summed E-state index contributed by atoms with van der Waals surface area (Å²) in [7, 11) is 0. The number of hydrogen-bond acceptors (Lipinski definition) is 5. The minimum atomic E-state index is -0.552. The van der Waals surface area contributed by atoms with E-state index in [2.05, 4.69) is 22.1 Å². The number of amides is 2. The zero-order valence-electron chi connectivity index (χ0n) is 22.2. The van der Waals surface area contributed by atoms with Gasteiger partial charge in [-0.2, -0.15) is 0 Å². The van der Waals surface area contributed by atoms with Gasteiger partial charge in [-0.25, -0.2) is 4.79 Å². The fraction of sp³-hybridized carbons (Fsp3) is 0.483. The molecule has 7 heteroatoms. The van der Waals surface area contributed by atoms with Gasteiger partial charge in [-0.1, -0.05) is 37.3 Å². The highest BCUT2D eigenvalue weighted by Gasteiger charge is 2.37. The van der Waals surface area contributed by atoms with Crippen LogP contribution in [0.4, 0.5) is 4.79 Å². The first-order valence-corrected chi connectivity index (χ1v) is 12.7. The molecule has 2 aliphatic rings. The van der Waals surface area contributed by atoms with Crippen LogP contribution in [0.5, 0.6) is 0 Å². The molecule has 3 atom stereocenters. The molecule has 0 bridgehead atoms. The standard InChI is InChI=1S/C29H38N4O3/c1-19-12-13-30-21(3)25(19)27(34)33-17-23-15-32(16-24(23)18-33)14-20(2)26(22-10-8-7-9-11-22)31-28(35)36-29(4,5)6/h7-13,17,20,24,26H,14-16,18H2,1-6H3,(H,31,35)/t20?,24?,26-/m0/s1. The van der Waals surface area contributed by atoms with E-state index in [1.807, 2.05) is 82.1 Å². The first-order chi connectivity index (χ1) is 17.0. The molecule has 2 amide bonds. The minimum Gasteiger partial charge on any atom is -0.444 e. The molecule has 2 aliphatic heterocycles. The maximum absolute atomic E-state index is 13.2. The number of fused-ring (bicyclic) bond motifs is 1. The van der Waals surface area contributed by atoms with E-state index in [0.717, 1.165) is 36.5 Å². The zero-order valence-corrected chi connectivity index (χ0v) is 22.2. The van der Waals surface area contributed by atoms with Gasteiger partial charge in [-0.15, -0.1) is 0 Å². The second kappa shape index (κ2) is 10.4. The van der Waals surface area contributed by atoms with Gasteiger partial charge in [0.25, 0.3) is 5.91 Å². The lowest BCUT2D eigenvalue weighted by molar-refractivity contribution is 0.0480. The Morgan fingerprint density at radius 2 is 1.86 bits per heavy atom. The lowest BCUT2D eigenvalue weighted by Gasteiger charge is -2.30. The lowest BCUT2D eigenvalue weighted by atomic mass is 9.94. The van der Waals surface area contributed by atoms with Crippen LogP contribution in [0.2, 0.25) is 0 Å². The molecule has 1 fully saturated rings. The Morgan fingerprint density at radius 1 is 1.14 bits per heavy atom. The van der Waals surface area contributed by atoms with Crippen LogP contribution in [-0.2, 0) is 4.74 Å². The number of aryl methyl sites for hydroxylation is 2. The Balaban J connectivity index is 1.42. The summed E-state index contributed by atoms with van der Waals surface area (Å²) in [6, 6.07) is 11.8. The van der Waals surface area contributed by atoms with Crippen LogP contribution in [0, 0.1) is 25.7 Å². The van der Waals surface area contributed by atoms with Crippen molar-refractivity contribution in [1.82, 2.24) is 20.1 Å². The number of alkyl carbamates (subject to hydrolysis) is 1. The van der Waals surface area contributed by atoms with E-state index in [1.54, 1.807) is 6.20 Å². The fourth-order valence-corrected chi connectivity index (χ4v) is 5.30. The first-order valence-electron chi connectivity index (χ1n) is 12.7. The first kappa shape index (κ1) is 25.9. The molecule has 7 nitrogen and oxygen atoms in total. The number of aromatic nitrogens is 1. The minimum absolute atomic E-state index is 0.0330.